The summed E-state index contributed by atoms with van der Waals surface area (Å²) in [5.74, 6) is -0.632. The molecule has 126 valence electrons. The van der Waals surface area contributed by atoms with Crippen LogP contribution in [-0.4, -0.2) is 21.0 Å². The van der Waals surface area contributed by atoms with Gasteiger partial charge in [-0.2, -0.15) is 4.68 Å². The summed E-state index contributed by atoms with van der Waals surface area (Å²) in [4.78, 5) is 24.0. The standard InChI is InChI=1S/C17H11Cl2N3O3/c18-13-7-5-11(9-14(13)19)6-8-16(23)25-10-22-17(24)12-3-1-2-4-15(12)20-21-22/h1-9H,10H2/b8-6+. The Morgan fingerprint density at radius 2 is 1.96 bits per heavy atom. The normalized spacial score (nSPS) is 11.1. The van der Waals surface area contributed by atoms with Gasteiger partial charge in [0.1, 0.15) is 5.52 Å². The lowest BCUT2D eigenvalue weighted by Crippen LogP contribution is -2.26. The van der Waals surface area contributed by atoms with Crippen molar-refractivity contribution in [2.24, 2.45) is 0 Å². The lowest BCUT2D eigenvalue weighted by atomic mass is 10.2. The molecule has 0 aliphatic heterocycles. The summed E-state index contributed by atoms with van der Waals surface area (Å²) in [5, 5.41) is 8.86. The molecule has 0 saturated carbocycles. The second-order valence-corrected chi connectivity index (χ2v) is 5.83. The number of hydrogen-bond acceptors (Lipinski definition) is 5. The van der Waals surface area contributed by atoms with E-state index >= 15 is 0 Å². The Balaban J connectivity index is 1.68. The van der Waals surface area contributed by atoms with Crippen LogP contribution in [0.25, 0.3) is 17.0 Å². The van der Waals surface area contributed by atoms with Crippen molar-refractivity contribution in [1.82, 2.24) is 15.0 Å². The second kappa shape index (κ2) is 7.46. The Labute approximate surface area is 152 Å². The van der Waals surface area contributed by atoms with Crippen molar-refractivity contribution in [2.45, 2.75) is 6.73 Å². The molecule has 8 heteroatoms. The van der Waals surface area contributed by atoms with Crippen LogP contribution in [-0.2, 0) is 16.3 Å². The number of rotatable bonds is 4. The zero-order valence-corrected chi connectivity index (χ0v) is 14.2. The van der Waals surface area contributed by atoms with Gasteiger partial charge in [-0.15, -0.1) is 5.10 Å². The van der Waals surface area contributed by atoms with Crippen LogP contribution in [0.5, 0.6) is 0 Å². The number of halogens is 2. The zero-order valence-electron chi connectivity index (χ0n) is 12.7. The molecule has 0 aliphatic carbocycles. The fourth-order valence-electron chi connectivity index (χ4n) is 2.06. The van der Waals surface area contributed by atoms with E-state index < -0.39 is 5.97 Å². The molecule has 1 aromatic heterocycles. The Morgan fingerprint density at radius 3 is 2.76 bits per heavy atom. The Bertz CT molecular complexity index is 1030. The Hall–Kier alpha value is -2.70. The third-order valence-electron chi connectivity index (χ3n) is 3.31. The number of esters is 1. The summed E-state index contributed by atoms with van der Waals surface area (Å²) in [6, 6.07) is 11.7. The summed E-state index contributed by atoms with van der Waals surface area (Å²) in [6.07, 6.45) is 2.75. The Kier molecular flexibility index (Phi) is 5.11. The average Bonchev–Trinajstić information content (AvgIpc) is 2.62. The first-order valence-corrected chi connectivity index (χ1v) is 7.92. The minimum Gasteiger partial charge on any atom is -0.439 e. The van der Waals surface area contributed by atoms with Crippen LogP contribution in [0.1, 0.15) is 5.56 Å². The van der Waals surface area contributed by atoms with E-state index in [0.717, 1.165) is 4.68 Å². The second-order valence-electron chi connectivity index (χ2n) is 5.01. The highest BCUT2D eigenvalue weighted by Crippen LogP contribution is 2.23. The van der Waals surface area contributed by atoms with Gasteiger partial charge in [-0.3, -0.25) is 4.79 Å². The van der Waals surface area contributed by atoms with Gasteiger partial charge in [0.15, 0.2) is 6.73 Å². The van der Waals surface area contributed by atoms with Crippen molar-refractivity contribution < 1.29 is 9.53 Å². The first-order chi connectivity index (χ1) is 12.0. The van der Waals surface area contributed by atoms with Crippen molar-refractivity contribution in [3.8, 4) is 0 Å². The summed E-state index contributed by atoms with van der Waals surface area (Å²) in [5.41, 5.74) is 0.787. The van der Waals surface area contributed by atoms with E-state index in [1.165, 1.54) is 12.2 Å². The highest BCUT2D eigenvalue weighted by atomic mass is 35.5. The molecule has 0 N–H and O–H groups in total. The summed E-state index contributed by atoms with van der Waals surface area (Å²) >= 11 is 11.7. The molecular formula is C17H11Cl2N3O3. The molecule has 0 radical (unpaired) electrons. The summed E-state index contributed by atoms with van der Waals surface area (Å²) in [7, 11) is 0. The number of ether oxygens (including phenoxy) is 1. The molecular weight excluding hydrogens is 365 g/mol. The molecule has 0 aliphatic rings. The van der Waals surface area contributed by atoms with E-state index in [2.05, 4.69) is 10.3 Å². The molecule has 6 nitrogen and oxygen atoms in total. The van der Waals surface area contributed by atoms with E-state index in [1.54, 1.807) is 42.5 Å². The number of fused-ring (bicyclic) bond motifs is 1. The van der Waals surface area contributed by atoms with Crippen molar-refractivity contribution >= 4 is 46.2 Å². The van der Waals surface area contributed by atoms with Crippen LogP contribution < -0.4 is 5.56 Å². The largest absolute Gasteiger partial charge is 0.439 e. The van der Waals surface area contributed by atoms with Gasteiger partial charge in [0.2, 0.25) is 0 Å². The zero-order chi connectivity index (χ0) is 17.8. The van der Waals surface area contributed by atoms with Crippen LogP contribution in [0, 0.1) is 0 Å². The van der Waals surface area contributed by atoms with Crippen LogP contribution in [0.2, 0.25) is 10.0 Å². The monoisotopic (exact) mass is 375 g/mol. The number of carbonyl (C=O) groups excluding carboxylic acids is 1. The molecule has 1 heterocycles. The molecule has 3 rings (SSSR count). The summed E-state index contributed by atoms with van der Waals surface area (Å²) < 4.78 is 5.99. The predicted molar refractivity (Wildman–Crippen MR) is 95.4 cm³/mol. The van der Waals surface area contributed by atoms with Crippen molar-refractivity contribution in [2.75, 3.05) is 0 Å². The van der Waals surface area contributed by atoms with E-state index in [0.29, 0.717) is 26.5 Å². The Morgan fingerprint density at radius 1 is 1.16 bits per heavy atom. The molecule has 0 amide bonds. The number of carbonyl (C=O) groups is 1. The molecule has 25 heavy (non-hydrogen) atoms. The van der Waals surface area contributed by atoms with Crippen molar-refractivity contribution in [3.63, 3.8) is 0 Å². The molecule has 2 aromatic carbocycles. The molecule has 0 unspecified atom stereocenters. The van der Waals surface area contributed by atoms with Crippen LogP contribution >= 0.6 is 23.2 Å². The maximum atomic E-state index is 12.2. The molecule has 0 spiro atoms. The lowest BCUT2D eigenvalue weighted by Gasteiger charge is -2.04. The van der Waals surface area contributed by atoms with Gasteiger partial charge >= 0.3 is 5.97 Å². The SMILES string of the molecule is O=C(/C=C/c1ccc(Cl)c(Cl)c1)OCn1nnc2ccccc2c1=O. The number of aromatic nitrogens is 3. The summed E-state index contributed by atoms with van der Waals surface area (Å²) in [6.45, 7) is -0.332. The van der Waals surface area contributed by atoms with Crippen molar-refractivity contribution in [1.29, 1.82) is 0 Å². The number of benzene rings is 2. The molecule has 3 aromatic rings. The van der Waals surface area contributed by atoms with Gasteiger partial charge < -0.3 is 4.74 Å². The minimum absolute atomic E-state index is 0.332. The smallest absolute Gasteiger partial charge is 0.332 e. The number of nitrogens with zero attached hydrogens (tertiary/aromatic N) is 3. The molecule has 0 atom stereocenters. The maximum Gasteiger partial charge on any atom is 0.332 e. The van der Waals surface area contributed by atoms with E-state index in [4.69, 9.17) is 27.9 Å². The van der Waals surface area contributed by atoms with Gasteiger partial charge in [0.25, 0.3) is 5.56 Å². The first-order valence-electron chi connectivity index (χ1n) is 7.17. The van der Waals surface area contributed by atoms with Crippen LogP contribution in [0.15, 0.2) is 53.3 Å². The fraction of sp³-hybridized carbons (Fsp3) is 0.0588. The van der Waals surface area contributed by atoms with Crippen molar-refractivity contribution in [3.05, 3.63) is 74.5 Å². The third-order valence-corrected chi connectivity index (χ3v) is 4.05. The molecule has 0 fully saturated rings. The van der Waals surface area contributed by atoms with Gasteiger partial charge in [-0.1, -0.05) is 46.6 Å². The lowest BCUT2D eigenvalue weighted by molar-refractivity contribution is -0.141. The van der Waals surface area contributed by atoms with Crippen LogP contribution in [0.3, 0.4) is 0 Å². The minimum atomic E-state index is -0.632. The van der Waals surface area contributed by atoms with Gasteiger partial charge in [-0.05, 0) is 35.9 Å². The highest BCUT2D eigenvalue weighted by Gasteiger charge is 2.06. The van der Waals surface area contributed by atoms with Crippen LogP contribution in [0.4, 0.5) is 0 Å². The van der Waals surface area contributed by atoms with E-state index in [1.807, 2.05) is 0 Å². The average molecular weight is 376 g/mol. The van der Waals surface area contributed by atoms with Gasteiger partial charge in [-0.25, -0.2) is 4.79 Å². The van der Waals surface area contributed by atoms with E-state index in [-0.39, 0.29) is 12.3 Å². The topological polar surface area (TPSA) is 74.1 Å². The fourth-order valence-corrected chi connectivity index (χ4v) is 2.37. The first kappa shape index (κ1) is 17.1. The molecule has 0 saturated heterocycles. The third kappa shape index (κ3) is 4.04. The van der Waals surface area contributed by atoms with Gasteiger partial charge in [0, 0.05) is 6.08 Å². The maximum absolute atomic E-state index is 12.2. The molecule has 0 bridgehead atoms. The van der Waals surface area contributed by atoms with Gasteiger partial charge in [0.05, 0.1) is 15.4 Å². The van der Waals surface area contributed by atoms with E-state index in [9.17, 15) is 9.59 Å². The highest BCUT2D eigenvalue weighted by molar-refractivity contribution is 6.42. The number of hydrogen-bond donors (Lipinski definition) is 0. The quantitative estimate of drug-likeness (QED) is 0.516. The predicted octanol–water partition coefficient (Wildman–Crippen LogP) is 3.31.